The summed E-state index contributed by atoms with van der Waals surface area (Å²) < 4.78 is 0. The summed E-state index contributed by atoms with van der Waals surface area (Å²) in [6.07, 6.45) is -0.844. The number of aliphatic hydroxyl groups is 1. The molecule has 6 nitrogen and oxygen atoms in total. The van der Waals surface area contributed by atoms with Crippen molar-refractivity contribution in [1.82, 2.24) is 4.90 Å². The van der Waals surface area contributed by atoms with Crippen molar-refractivity contribution in [2.45, 2.75) is 18.6 Å². The summed E-state index contributed by atoms with van der Waals surface area (Å²) in [5, 5.41) is 21.7. The molecule has 1 fully saturated rings. The van der Waals surface area contributed by atoms with Gasteiger partial charge in [0.15, 0.2) is 0 Å². The number of halogens is 2. The summed E-state index contributed by atoms with van der Waals surface area (Å²) in [4.78, 5) is 24.2. The fraction of sp³-hybridized carbons (Fsp3) is 0.333. The van der Waals surface area contributed by atoms with E-state index in [9.17, 15) is 14.7 Å². The number of carbonyl (C=O) groups excluding carboxylic acids is 1. The predicted octanol–water partition coefficient (Wildman–Crippen LogP) is 2.05. The first kappa shape index (κ1) is 14.9. The van der Waals surface area contributed by atoms with E-state index in [1.165, 1.54) is 12.1 Å². The van der Waals surface area contributed by atoms with Crippen LogP contribution in [0.25, 0.3) is 0 Å². The summed E-state index contributed by atoms with van der Waals surface area (Å²) in [5.74, 6) is -1.16. The van der Waals surface area contributed by atoms with E-state index in [1.54, 1.807) is 6.07 Å². The molecule has 0 aliphatic carbocycles. The maximum absolute atomic E-state index is 12.1. The molecule has 1 saturated heterocycles. The smallest absolute Gasteiger partial charge is 0.326 e. The van der Waals surface area contributed by atoms with Gasteiger partial charge in [-0.3, -0.25) is 0 Å². The Labute approximate surface area is 124 Å². The van der Waals surface area contributed by atoms with Gasteiger partial charge < -0.3 is 20.4 Å². The highest BCUT2D eigenvalue weighted by Crippen LogP contribution is 2.27. The van der Waals surface area contributed by atoms with Crippen molar-refractivity contribution in [3.63, 3.8) is 0 Å². The third kappa shape index (κ3) is 3.15. The van der Waals surface area contributed by atoms with Crippen LogP contribution in [0.4, 0.5) is 10.5 Å². The number of nitrogens with one attached hydrogen (secondary N) is 1. The molecule has 2 rings (SSSR count). The molecule has 2 atom stereocenters. The first-order chi connectivity index (χ1) is 9.38. The number of carboxylic acids is 1. The summed E-state index contributed by atoms with van der Waals surface area (Å²) >= 11 is 11.7. The van der Waals surface area contributed by atoms with E-state index in [0.717, 1.165) is 4.90 Å². The van der Waals surface area contributed by atoms with Crippen LogP contribution in [0.15, 0.2) is 18.2 Å². The number of amides is 2. The average Bonchev–Trinajstić information content (AvgIpc) is 2.76. The lowest BCUT2D eigenvalue weighted by molar-refractivity contribution is -0.141. The minimum Gasteiger partial charge on any atom is -0.480 e. The van der Waals surface area contributed by atoms with E-state index < -0.39 is 24.1 Å². The molecule has 20 heavy (non-hydrogen) atoms. The van der Waals surface area contributed by atoms with E-state index in [0.29, 0.717) is 5.02 Å². The van der Waals surface area contributed by atoms with Gasteiger partial charge in [-0.15, -0.1) is 0 Å². The van der Waals surface area contributed by atoms with Gasteiger partial charge in [0.2, 0.25) is 0 Å². The molecule has 0 unspecified atom stereocenters. The van der Waals surface area contributed by atoms with Gasteiger partial charge in [-0.2, -0.15) is 0 Å². The van der Waals surface area contributed by atoms with E-state index in [4.69, 9.17) is 28.3 Å². The van der Waals surface area contributed by atoms with Crippen molar-refractivity contribution >= 4 is 40.9 Å². The Balaban J connectivity index is 2.15. The Hall–Kier alpha value is -1.50. The monoisotopic (exact) mass is 318 g/mol. The number of carbonyl (C=O) groups is 2. The number of carboxylic acid groups (broad SMARTS) is 1. The maximum Gasteiger partial charge on any atom is 0.326 e. The highest BCUT2D eigenvalue weighted by molar-refractivity contribution is 6.35. The molecule has 108 valence electrons. The lowest BCUT2D eigenvalue weighted by Crippen LogP contribution is -2.43. The molecule has 1 aliphatic rings. The molecule has 1 aromatic carbocycles. The Morgan fingerprint density at radius 3 is 2.70 bits per heavy atom. The van der Waals surface area contributed by atoms with Gasteiger partial charge in [-0.05, 0) is 18.2 Å². The van der Waals surface area contributed by atoms with Crippen molar-refractivity contribution in [3.8, 4) is 0 Å². The normalized spacial score (nSPS) is 21.9. The SMILES string of the molecule is O=C(O)[C@@H]1C[C@H](O)CN1C(=O)Nc1cc(Cl)ccc1Cl. The number of anilines is 1. The molecule has 0 aromatic heterocycles. The van der Waals surface area contributed by atoms with Crippen molar-refractivity contribution in [2.75, 3.05) is 11.9 Å². The zero-order chi connectivity index (χ0) is 14.9. The Morgan fingerprint density at radius 1 is 1.35 bits per heavy atom. The molecule has 1 aliphatic heterocycles. The van der Waals surface area contributed by atoms with Crippen LogP contribution in [-0.2, 0) is 4.79 Å². The van der Waals surface area contributed by atoms with Crippen LogP contribution in [0.5, 0.6) is 0 Å². The number of β-amino-alcohol motifs (C(OH)–C–C–N with tert-alkyl or cyclic N) is 1. The van der Waals surface area contributed by atoms with Gasteiger partial charge >= 0.3 is 12.0 Å². The largest absolute Gasteiger partial charge is 0.480 e. The molecule has 0 bridgehead atoms. The Morgan fingerprint density at radius 2 is 2.05 bits per heavy atom. The molecular weight excluding hydrogens is 307 g/mol. The number of hydrogen-bond donors (Lipinski definition) is 3. The van der Waals surface area contributed by atoms with Crippen LogP contribution < -0.4 is 5.32 Å². The fourth-order valence-corrected chi connectivity index (χ4v) is 2.39. The topological polar surface area (TPSA) is 89.9 Å². The number of nitrogens with zero attached hydrogens (tertiary/aromatic N) is 1. The second-order valence-electron chi connectivity index (χ2n) is 4.45. The van der Waals surface area contributed by atoms with Crippen molar-refractivity contribution in [1.29, 1.82) is 0 Å². The zero-order valence-electron chi connectivity index (χ0n) is 10.2. The number of benzene rings is 1. The van der Waals surface area contributed by atoms with Gasteiger partial charge in [0.25, 0.3) is 0 Å². The zero-order valence-corrected chi connectivity index (χ0v) is 11.7. The summed E-state index contributed by atoms with van der Waals surface area (Å²) in [6, 6.07) is 2.86. The van der Waals surface area contributed by atoms with Crippen molar-refractivity contribution < 1.29 is 19.8 Å². The van der Waals surface area contributed by atoms with Crippen molar-refractivity contribution in [2.24, 2.45) is 0 Å². The summed E-state index contributed by atoms with van der Waals surface area (Å²) in [5.41, 5.74) is 0.287. The average molecular weight is 319 g/mol. The molecule has 0 saturated carbocycles. The van der Waals surface area contributed by atoms with E-state index in [-0.39, 0.29) is 23.7 Å². The lowest BCUT2D eigenvalue weighted by atomic mass is 10.2. The summed E-state index contributed by atoms with van der Waals surface area (Å²) in [7, 11) is 0. The molecule has 3 N–H and O–H groups in total. The number of hydrogen-bond acceptors (Lipinski definition) is 3. The second-order valence-corrected chi connectivity index (χ2v) is 5.29. The van der Waals surface area contributed by atoms with Crippen LogP contribution >= 0.6 is 23.2 Å². The quantitative estimate of drug-likeness (QED) is 0.778. The standard InChI is InChI=1S/C12H12Cl2N2O4/c13-6-1-2-8(14)9(3-6)15-12(20)16-5-7(17)4-10(16)11(18)19/h1-3,7,10,17H,4-5H2,(H,15,20)(H,18,19)/t7-,10-/m0/s1. The van der Waals surface area contributed by atoms with Gasteiger partial charge in [0.1, 0.15) is 6.04 Å². The third-order valence-corrected chi connectivity index (χ3v) is 3.56. The minimum absolute atomic E-state index is 0.00598. The number of aliphatic carboxylic acids is 1. The number of urea groups is 1. The highest BCUT2D eigenvalue weighted by atomic mass is 35.5. The molecule has 0 spiro atoms. The third-order valence-electron chi connectivity index (χ3n) is 2.99. The highest BCUT2D eigenvalue weighted by Gasteiger charge is 2.39. The minimum atomic E-state index is -1.16. The molecular formula is C12H12Cl2N2O4. The van der Waals surface area contributed by atoms with E-state index >= 15 is 0 Å². The molecule has 8 heteroatoms. The number of likely N-dealkylation sites (tertiary alicyclic amines) is 1. The second kappa shape index (κ2) is 5.87. The Bertz CT molecular complexity index is 552. The van der Waals surface area contributed by atoms with Crippen LogP contribution in [0.1, 0.15) is 6.42 Å². The predicted molar refractivity (Wildman–Crippen MR) is 74.2 cm³/mol. The number of rotatable bonds is 2. The van der Waals surface area contributed by atoms with Gasteiger partial charge in [-0.25, -0.2) is 9.59 Å². The summed E-state index contributed by atoms with van der Waals surface area (Å²) in [6.45, 7) is -0.0407. The first-order valence-corrected chi connectivity index (χ1v) is 6.57. The van der Waals surface area contributed by atoms with Crippen LogP contribution in [0, 0.1) is 0 Å². The first-order valence-electron chi connectivity index (χ1n) is 5.82. The molecule has 1 aromatic rings. The van der Waals surface area contributed by atoms with Crippen LogP contribution in [0.3, 0.4) is 0 Å². The van der Waals surface area contributed by atoms with E-state index in [1.807, 2.05) is 0 Å². The lowest BCUT2D eigenvalue weighted by Gasteiger charge is -2.21. The molecule has 1 heterocycles. The van der Waals surface area contributed by atoms with Gasteiger partial charge in [0.05, 0.1) is 16.8 Å². The van der Waals surface area contributed by atoms with Crippen LogP contribution in [-0.4, -0.2) is 45.8 Å². The van der Waals surface area contributed by atoms with Gasteiger partial charge in [0, 0.05) is 18.0 Å². The number of aliphatic hydroxyl groups excluding tert-OH is 1. The molecule has 0 radical (unpaired) electrons. The van der Waals surface area contributed by atoms with Crippen molar-refractivity contribution in [3.05, 3.63) is 28.2 Å². The van der Waals surface area contributed by atoms with E-state index in [2.05, 4.69) is 5.32 Å². The van der Waals surface area contributed by atoms with Gasteiger partial charge in [-0.1, -0.05) is 23.2 Å². The fourth-order valence-electron chi connectivity index (χ4n) is 2.05. The Kier molecular flexibility index (Phi) is 4.37. The molecule has 2 amide bonds. The van der Waals surface area contributed by atoms with Crippen LogP contribution in [0.2, 0.25) is 10.0 Å². The maximum atomic E-state index is 12.1.